The fourth-order valence-electron chi connectivity index (χ4n) is 1.95. The van der Waals surface area contributed by atoms with Crippen molar-refractivity contribution in [2.24, 2.45) is 0 Å². The molecule has 1 aromatic heterocycles. The molecule has 1 aliphatic rings. The van der Waals surface area contributed by atoms with E-state index in [0.29, 0.717) is 6.61 Å². The Balaban J connectivity index is 2.06. The normalized spacial score (nSPS) is 14.8. The summed E-state index contributed by atoms with van der Waals surface area (Å²) in [6.07, 6.45) is 1.90. The number of nitrogens with zero attached hydrogens (tertiary/aromatic N) is 2. The van der Waals surface area contributed by atoms with Gasteiger partial charge in [0.2, 0.25) is 0 Å². The molecule has 3 nitrogen and oxygen atoms in total. The summed E-state index contributed by atoms with van der Waals surface area (Å²) >= 11 is 5.87. The minimum Gasteiger partial charge on any atom is -0.372 e. The van der Waals surface area contributed by atoms with Crippen LogP contribution in [0.15, 0.2) is 30.5 Å². The average molecular weight is 235 g/mol. The molecule has 4 heteroatoms. The Morgan fingerprint density at radius 1 is 1.25 bits per heavy atom. The first-order valence-corrected chi connectivity index (χ1v) is 5.60. The zero-order valence-electron chi connectivity index (χ0n) is 8.69. The van der Waals surface area contributed by atoms with Gasteiger partial charge in [-0.05, 0) is 17.7 Å². The van der Waals surface area contributed by atoms with Crippen LogP contribution in [0.2, 0.25) is 5.02 Å². The number of hydrogen-bond donors (Lipinski definition) is 0. The van der Waals surface area contributed by atoms with Crippen LogP contribution in [-0.4, -0.2) is 16.2 Å². The first kappa shape index (κ1) is 9.87. The van der Waals surface area contributed by atoms with E-state index in [0.717, 1.165) is 35.3 Å². The highest BCUT2D eigenvalue weighted by atomic mass is 35.5. The van der Waals surface area contributed by atoms with Crippen molar-refractivity contribution < 1.29 is 4.74 Å². The molecule has 1 aromatic carbocycles. The third-order valence-corrected chi connectivity index (χ3v) is 3.02. The fraction of sp³-hybridized carbons (Fsp3) is 0.250. The zero-order valence-corrected chi connectivity index (χ0v) is 9.44. The molecule has 16 heavy (non-hydrogen) atoms. The van der Waals surface area contributed by atoms with Gasteiger partial charge >= 0.3 is 0 Å². The maximum absolute atomic E-state index is 5.87. The molecule has 0 atom stereocenters. The van der Waals surface area contributed by atoms with Crippen LogP contribution >= 0.6 is 11.6 Å². The van der Waals surface area contributed by atoms with Crippen LogP contribution < -0.4 is 0 Å². The van der Waals surface area contributed by atoms with Gasteiger partial charge in [0.15, 0.2) is 0 Å². The Kier molecular flexibility index (Phi) is 2.42. The molecule has 0 N–H and O–H groups in total. The third kappa shape index (κ3) is 1.62. The molecule has 0 radical (unpaired) electrons. The van der Waals surface area contributed by atoms with Gasteiger partial charge in [-0.15, -0.1) is 0 Å². The van der Waals surface area contributed by atoms with E-state index in [1.165, 1.54) is 0 Å². The van der Waals surface area contributed by atoms with Gasteiger partial charge in [0, 0.05) is 11.6 Å². The lowest BCUT2D eigenvalue weighted by molar-refractivity contribution is 0.0821. The first-order valence-electron chi connectivity index (χ1n) is 5.23. The minimum absolute atomic E-state index is 0.605. The standard InChI is InChI=1S/C12H11ClN2O/c13-10-3-1-9(2-4-10)11-7-14-12-8-16-6-5-15(11)12/h1-4,7H,5-6,8H2. The van der Waals surface area contributed by atoms with Crippen LogP contribution in [0.5, 0.6) is 0 Å². The van der Waals surface area contributed by atoms with Gasteiger partial charge < -0.3 is 9.30 Å². The molecule has 0 spiro atoms. The third-order valence-electron chi connectivity index (χ3n) is 2.77. The van der Waals surface area contributed by atoms with Crippen LogP contribution in [0.25, 0.3) is 11.3 Å². The first-order chi connectivity index (χ1) is 7.84. The van der Waals surface area contributed by atoms with Crippen molar-refractivity contribution in [2.45, 2.75) is 13.2 Å². The molecule has 0 unspecified atom stereocenters. The van der Waals surface area contributed by atoms with Crippen molar-refractivity contribution in [3.63, 3.8) is 0 Å². The van der Waals surface area contributed by atoms with E-state index in [1.54, 1.807) is 0 Å². The summed E-state index contributed by atoms with van der Waals surface area (Å²) in [6, 6.07) is 7.83. The number of aromatic nitrogens is 2. The molecule has 0 fully saturated rings. The predicted octanol–water partition coefficient (Wildman–Crippen LogP) is 2.73. The summed E-state index contributed by atoms with van der Waals surface area (Å²) in [6.45, 7) is 2.23. The molecule has 1 aliphatic heterocycles. The minimum atomic E-state index is 0.605. The molecular weight excluding hydrogens is 224 g/mol. The van der Waals surface area contributed by atoms with Crippen LogP contribution in [0.1, 0.15) is 5.82 Å². The highest BCUT2D eigenvalue weighted by Crippen LogP contribution is 2.24. The van der Waals surface area contributed by atoms with Gasteiger partial charge in [-0.25, -0.2) is 4.98 Å². The number of ether oxygens (including phenoxy) is 1. The summed E-state index contributed by atoms with van der Waals surface area (Å²) in [5.41, 5.74) is 2.28. The van der Waals surface area contributed by atoms with Crippen LogP contribution in [0.4, 0.5) is 0 Å². The largest absolute Gasteiger partial charge is 0.372 e. The molecule has 0 aliphatic carbocycles. The van der Waals surface area contributed by atoms with E-state index in [-0.39, 0.29) is 0 Å². The van der Waals surface area contributed by atoms with Crippen LogP contribution in [0.3, 0.4) is 0 Å². The molecule has 2 aromatic rings. The Hall–Kier alpha value is -1.32. The zero-order chi connectivity index (χ0) is 11.0. The molecule has 2 heterocycles. The van der Waals surface area contributed by atoms with E-state index >= 15 is 0 Å². The average Bonchev–Trinajstić information content (AvgIpc) is 2.74. The van der Waals surface area contributed by atoms with Gasteiger partial charge in [-0.1, -0.05) is 23.7 Å². The van der Waals surface area contributed by atoms with E-state index in [4.69, 9.17) is 16.3 Å². The fourth-order valence-corrected chi connectivity index (χ4v) is 2.08. The number of rotatable bonds is 1. The number of halogens is 1. The van der Waals surface area contributed by atoms with Crippen molar-refractivity contribution >= 4 is 11.6 Å². The molecule has 3 rings (SSSR count). The highest BCUT2D eigenvalue weighted by molar-refractivity contribution is 6.30. The Morgan fingerprint density at radius 2 is 2.06 bits per heavy atom. The molecular formula is C12H11ClN2O. The lowest BCUT2D eigenvalue weighted by Crippen LogP contribution is -2.17. The summed E-state index contributed by atoms with van der Waals surface area (Å²) < 4.78 is 7.56. The van der Waals surface area contributed by atoms with Crippen molar-refractivity contribution in [1.29, 1.82) is 0 Å². The molecule has 0 saturated heterocycles. The molecule has 0 amide bonds. The Bertz CT molecular complexity index is 504. The molecule has 0 saturated carbocycles. The number of fused-ring (bicyclic) bond motifs is 1. The van der Waals surface area contributed by atoms with Crippen LogP contribution in [0, 0.1) is 0 Å². The smallest absolute Gasteiger partial charge is 0.135 e. The number of benzene rings is 1. The van der Waals surface area contributed by atoms with Gasteiger partial charge in [0.25, 0.3) is 0 Å². The van der Waals surface area contributed by atoms with Gasteiger partial charge in [0.1, 0.15) is 12.4 Å². The quantitative estimate of drug-likeness (QED) is 0.759. The van der Waals surface area contributed by atoms with E-state index in [1.807, 2.05) is 30.5 Å². The summed E-state index contributed by atoms with van der Waals surface area (Å²) in [5, 5.41) is 0.755. The van der Waals surface area contributed by atoms with Gasteiger partial charge in [-0.2, -0.15) is 0 Å². The van der Waals surface area contributed by atoms with Crippen molar-refractivity contribution in [2.75, 3.05) is 6.61 Å². The van der Waals surface area contributed by atoms with Gasteiger partial charge in [0.05, 0.1) is 18.5 Å². The lowest BCUT2D eigenvalue weighted by atomic mass is 10.1. The Labute approximate surface area is 98.6 Å². The van der Waals surface area contributed by atoms with Crippen molar-refractivity contribution in [3.8, 4) is 11.3 Å². The maximum Gasteiger partial charge on any atom is 0.135 e. The predicted molar refractivity (Wildman–Crippen MR) is 62.3 cm³/mol. The highest BCUT2D eigenvalue weighted by Gasteiger charge is 2.14. The lowest BCUT2D eigenvalue weighted by Gasteiger charge is -2.17. The monoisotopic (exact) mass is 234 g/mol. The summed E-state index contributed by atoms with van der Waals surface area (Å²) in [4.78, 5) is 4.36. The number of hydrogen-bond acceptors (Lipinski definition) is 2. The summed E-state index contributed by atoms with van der Waals surface area (Å²) in [5.74, 6) is 0.996. The Morgan fingerprint density at radius 3 is 2.88 bits per heavy atom. The molecule has 0 bridgehead atoms. The van der Waals surface area contributed by atoms with Gasteiger partial charge in [-0.3, -0.25) is 0 Å². The maximum atomic E-state index is 5.87. The SMILES string of the molecule is Clc1ccc(-c2cnc3n2CCOC3)cc1. The second-order valence-corrected chi connectivity index (χ2v) is 4.21. The van der Waals surface area contributed by atoms with E-state index < -0.39 is 0 Å². The second-order valence-electron chi connectivity index (χ2n) is 3.77. The van der Waals surface area contributed by atoms with E-state index in [9.17, 15) is 0 Å². The van der Waals surface area contributed by atoms with Crippen LogP contribution in [-0.2, 0) is 17.9 Å². The van der Waals surface area contributed by atoms with Crippen molar-refractivity contribution in [1.82, 2.24) is 9.55 Å². The van der Waals surface area contributed by atoms with Crippen molar-refractivity contribution in [3.05, 3.63) is 41.3 Å². The van der Waals surface area contributed by atoms with E-state index in [2.05, 4.69) is 9.55 Å². The number of imidazole rings is 1. The second kappa shape index (κ2) is 3.92. The topological polar surface area (TPSA) is 27.1 Å². The molecule has 82 valence electrons. The summed E-state index contributed by atoms with van der Waals surface area (Å²) in [7, 11) is 0.